The molecular formula is C18H17ClF3N3. The molecule has 0 atom stereocenters. The van der Waals surface area contributed by atoms with Crippen LogP contribution in [-0.4, -0.2) is 14.8 Å². The molecule has 3 nitrogen and oxygen atoms in total. The van der Waals surface area contributed by atoms with Gasteiger partial charge in [-0.3, -0.25) is 0 Å². The SMILES string of the molecule is CCCCn1nc(C)c2c(C(F)(F)F)cc(-c3ccc(Cl)cc3)nc21. The number of alkyl halides is 3. The van der Waals surface area contributed by atoms with Crippen molar-refractivity contribution >= 4 is 22.6 Å². The molecule has 0 aliphatic heterocycles. The lowest BCUT2D eigenvalue weighted by Crippen LogP contribution is -2.08. The number of aromatic nitrogens is 3. The standard InChI is InChI=1S/C18H17ClF3N3/c1-3-4-9-25-17-16(11(2)24-25)14(18(20,21)22)10-15(23-17)12-5-7-13(19)8-6-12/h5-8,10H,3-4,9H2,1-2H3. The molecule has 0 bridgehead atoms. The average molecular weight is 368 g/mol. The molecule has 0 spiro atoms. The van der Waals surface area contributed by atoms with Crippen LogP contribution in [0.3, 0.4) is 0 Å². The van der Waals surface area contributed by atoms with Crippen LogP contribution < -0.4 is 0 Å². The van der Waals surface area contributed by atoms with Crippen LogP contribution in [0.2, 0.25) is 5.02 Å². The maximum Gasteiger partial charge on any atom is 0.417 e. The number of nitrogens with zero attached hydrogens (tertiary/aromatic N) is 3. The molecule has 0 fully saturated rings. The first kappa shape index (κ1) is 17.7. The molecule has 0 aliphatic rings. The largest absolute Gasteiger partial charge is 0.417 e. The van der Waals surface area contributed by atoms with Crippen molar-refractivity contribution in [3.8, 4) is 11.3 Å². The Labute approximate surface area is 148 Å². The third-order valence-corrected chi connectivity index (χ3v) is 4.30. The van der Waals surface area contributed by atoms with Crippen molar-refractivity contribution < 1.29 is 13.2 Å². The quantitative estimate of drug-likeness (QED) is 0.576. The fourth-order valence-electron chi connectivity index (χ4n) is 2.81. The Morgan fingerprint density at radius 3 is 2.44 bits per heavy atom. The van der Waals surface area contributed by atoms with Crippen LogP contribution in [0.1, 0.15) is 31.0 Å². The molecule has 0 saturated carbocycles. The van der Waals surface area contributed by atoms with Gasteiger partial charge in [0.2, 0.25) is 0 Å². The molecule has 0 radical (unpaired) electrons. The summed E-state index contributed by atoms with van der Waals surface area (Å²) >= 11 is 5.87. The van der Waals surface area contributed by atoms with Crippen molar-refractivity contribution in [1.82, 2.24) is 14.8 Å². The number of unbranched alkanes of at least 4 members (excludes halogenated alkanes) is 1. The van der Waals surface area contributed by atoms with Crippen LogP contribution in [0.25, 0.3) is 22.3 Å². The second-order valence-corrected chi connectivity index (χ2v) is 6.36. The predicted molar refractivity (Wildman–Crippen MR) is 92.6 cm³/mol. The van der Waals surface area contributed by atoms with E-state index in [2.05, 4.69) is 10.1 Å². The van der Waals surface area contributed by atoms with Gasteiger partial charge in [0.05, 0.1) is 22.3 Å². The first-order valence-corrected chi connectivity index (χ1v) is 8.40. The lowest BCUT2D eigenvalue weighted by molar-refractivity contribution is -0.136. The third kappa shape index (κ3) is 3.49. The summed E-state index contributed by atoms with van der Waals surface area (Å²) in [4.78, 5) is 4.48. The molecule has 0 aliphatic carbocycles. The monoisotopic (exact) mass is 367 g/mol. The van der Waals surface area contributed by atoms with Crippen LogP contribution in [0.5, 0.6) is 0 Å². The van der Waals surface area contributed by atoms with Gasteiger partial charge in [-0.2, -0.15) is 18.3 Å². The van der Waals surface area contributed by atoms with Crippen LogP contribution >= 0.6 is 11.6 Å². The number of rotatable bonds is 4. The van der Waals surface area contributed by atoms with Gasteiger partial charge >= 0.3 is 6.18 Å². The van der Waals surface area contributed by atoms with Gasteiger partial charge < -0.3 is 0 Å². The smallest absolute Gasteiger partial charge is 0.247 e. The van der Waals surface area contributed by atoms with Gasteiger partial charge in [0.1, 0.15) is 0 Å². The summed E-state index contributed by atoms with van der Waals surface area (Å²) in [5.74, 6) is 0. The number of halogens is 4. The maximum absolute atomic E-state index is 13.6. The molecule has 0 unspecified atom stereocenters. The van der Waals surface area contributed by atoms with Crippen LogP contribution in [0, 0.1) is 6.92 Å². The van der Waals surface area contributed by atoms with E-state index < -0.39 is 11.7 Å². The van der Waals surface area contributed by atoms with Gasteiger partial charge in [-0.25, -0.2) is 9.67 Å². The molecule has 0 N–H and O–H groups in total. The highest BCUT2D eigenvalue weighted by Gasteiger charge is 2.35. The van der Waals surface area contributed by atoms with Crippen molar-refractivity contribution in [1.29, 1.82) is 0 Å². The molecule has 1 aromatic carbocycles. The first-order valence-electron chi connectivity index (χ1n) is 8.02. The van der Waals surface area contributed by atoms with Gasteiger partial charge in [-0.1, -0.05) is 37.1 Å². The summed E-state index contributed by atoms with van der Waals surface area (Å²) in [6.45, 7) is 4.14. The maximum atomic E-state index is 13.6. The normalized spacial score (nSPS) is 12.1. The molecule has 2 aromatic heterocycles. The molecular weight excluding hydrogens is 351 g/mol. The van der Waals surface area contributed by atoms with E-state index in [0.717, 1.165) is 18.9 Å². The van der Waals surface area contributed by atoms with Crippen molar-refractivity contribution in [3.05, 3.63) is 46.6 Å². The molecule has 132 valence electrons. The Morgan fingerprint density at radius 2 is 1.84 bits per heavy atom. The third-order valence-electron chi connectivity index (χ3n) is 4.05. The van der Waals surface area contributed by atoms with Crippen molar-refractivity contribution in [2.24, 2.45) is 0 Å². The zero-order valence-electron chi connectivity index (χ0n) is 13.9. The Bertz CT molecular complexity index is 899. The second kappa shape index (κ2) is 6.67. The molecule has 25 heavy (non-hydrogen) atoms. The molecule has 7 heteroatoms. The van der Waals surface area contributed by atoms with Crippen molar-refractivity contribution in [2.45, 2.75) is 39.4 Å². The van der Waals surface area contributed by atoms with E-state index in [0.29, 0.717) is 22.8 Å². The minimum absolute atomic E-state index is 0.0707. The Hall–Kier alpha value is -2.08. The van der Waals surface area contributed by atoms with Gasteiger partial charge in [-0.05, 0) is 31.5 Å². The van der Waals surface area contributed by atoms with Crippen LogP contribution in [0.15, 0.2) is 30.3 Å². The summed E-state index contributed by atoms with van der Waals surface area (Å²) in [5.41, 5.74) is 0.744. The fourth-order valence-corrected chi connectivity index (χ4v) is 2.94. The Balaban J connectivity index is 2.27. The zero-order valence-corrected chi connectivity index (χ0v) is 14.6. The van der Waals surface area contributed by atoms with E-state index in [1.807, 2.05) is 6.92 Å². The highest BCUT2D eigenvalue weighted by Crippen LogP contribution is 2.38. The lowest BCUT2D eigenvalue weighted by Gasteiger charge is -2.12. The summed E-state index contributed by atoms with van der Waals surface area (Å²) < 4.78 is 42.5. The highest BCUT2D eigenvalue weighted by atomic mass is 35.5. The fraction of sp³-hybridized carbons (Fsp3) is 0.333. The van der Waals surface area contributed by atoms with E-state index in [4.69, 9.17) is 11.6 Å². The van der Waals surface area contributed by atoms with Crippen LogP contribution in [0.4, 0.5) is 13.2 Å². The Kier molecular flexibility index (Phi) is 4.73. The topological polar surface area (TPSA) is 30.7 Å². The van der Waals surface area contributed by atoms with Crippen molar-refractivity contribution in [3.63, 3.8) is 0 Å². The first-order chi connectivity index (χ1) is 11.8. The second-order valence-electron chi connectivity index (χ2n) is 5.92. The zero-order chi connectivity index (χ0) is 18.2. The molecule has 3 rings (SSSR count). The molecule has 0 saturated heterocycles. The van der Waals surface area contributed by atoms with E-state index in [1.54, 1.807) is 35.9 Å². The number of aryl methyl sites for hydroxylation is 2. The predicted octanol–water partition coefficient (Wildman–Crippen LogP) is 5.88. The number of benzene rings is 1. The lowest BCUT2D eigenvalue weighted by atomic mass is 10.1. The highest BCUT2D eigenvalue weighted by molar-refractivity contribution is 6.30. The van der Waals surface area contributed by atoms with Gasteiger partial charge in [0.15, 0.2) is 5.65 Å². The van der Waals surface area contributed by atoms with Gasteiger partial charge in [0, 0.05) is 17.1 Å². The summed E-state index contributed by atoms with van der Waals surface area (Å²) in [5, 5.41) is 4.87. The van der Waals surface area contributed by atoms with Crippen molar-refractivity contribution in [2.75, 3.05) is 0 Å². The van der Waals surface area contributed by atoms with Gasteiger partial charge in [0.25, 0.3) is 0 Å². The molecule has 3 aromatic rings. The number of pyridine rings is 1. The molecule has 2 heterocycles. The summed E-state index contributed by atoms with van der Waals surface area (Å²) in [6, 6.07) is 7.68. The molecule has 0 amide bonds. The summed E-state index contributed by atoms with van der Waals surface area (Å²) in [7, 11) is 0. The number of hydrogen-bond donors (Lipinski definition) is 0. The minimum atomic E-state index is -4.48. The van der Waals surface area contributed by atoms with E-state index in [-0.39, 0.29) is 16.7 Å². The van der Waals surface area contributed by atoms with Gasteiger partial charge in [-0.15, -0.1) is 0 Å². The number of hydrogen-bond acceptors (Lipinski definition) is 2. The van der Waals surface area contributed by atoms with E-state index in [9.17, 15) is 13.2 Å². The average Bonchev–Trinajstić information content (AvgIpc) is 2.88. The number of fused-ring (bicyclic) bond motifs is 1. The van der Waals surface area contributed by atoms with E-state index >= 15 is 0 Å². The minimum Gasteiger partial charge on any atom is -0.247 e. The van der Waals surface area contributed by atoms with E-state index in [1.165, 1.54) is 0 Å². The summed E-state index contributed by atoms with van der Waals surface area (Å²) in [6.07, 6.45) is -2.74. The van der Waals surface area contributed by atoms with Crippen LogP contribution in [-0.2, 0) is 12.7 Å². The Morgan fingerprint density at radius 1 is 1.16 bits per heavy atom.